The Hall–Kier alpha value is -0.580. The Morgan fingerprint density at radius 2 is 2.20 bits per heavy atom. The summed E-state index contributed by atoms with van der Waals surface area (Å²) < 4.78 is 13.5. The lowest BCUT2D eigenvalue weighted by Crippen LogP contribution is -2.39. The summed E-state index contributed by atoms with van der Waals surface area (Å²) in [5.74, 6) is 0.852. The monoisotopic (exact) mass is 296 g/mol. The Labute approximate surface area is 126 Å². The first kappa shape index (κ1) is 15.8. The first-order chi connectivity index (χ1) is 9.79. The minimum absolute atomic E-state index is 0.1000. The molecule has 20 heavy (non-hydrogen) atoms. The van der Waals surface area contributed by atoms with E-state index in [4.69, 9.17) is 0 Å². The van der Waals surface area contributed by atoms with Crippen molar-refractivity contribution in [2.45, 2.75) is 37.1 Å². The van der Waals surface area contributed by atoms with Crippen molar-refractivity contribution in [3.8, 4) is 0 Å². The summed E-state index contributed by atoms with van der Waals surface area (Å²) in [5.41, 5.74) is 0. The third-order valence-corrected chi connectivity index (χ3v) is 4.71. The summed E-state index contributed by atoms with van der Waals surface area (Å²) >= 11 is 1.62. The van der Waals surface area contributed by atoms with E-state index in [1.54, 1.807) is 17.8 Å². The van der Waals surface area contributed by atoms with Crippen molar-refractivity contribution in [3.05, 3.63) is 30.1 Å². The van der Waals surface area contributed by atoms with E-state index in [0.29, 0.717) is 6.04 Å². The summed E-state index contributed by atoms with van der Waals surface area (Å²) in [7, 11) is 0. The van der Waals surface area contributed by atoms with Crippen LogP contribution in [0.1, 0.15) is 26.2 Å². The van der Waals surface area contributed by atoms with E-state index in [-0.39, 0.29) is 5.82 Å². The zero-order valence-corrected chi connectivity index (χ0v) is 13.1. The molecule has 1 unspecified atom stereocenters. The van der Waals surface area contributed by atoms with E-state index >= 15 is 0 Å². The molecule has 1 aliphatic rings. The highest BCUT2D eigenvalue weighted by atomic mass is 32.2. The summed E-state index contributed by atoms with van der Waals surface area (Å²) in [6.45, 7) is 6.68. The molecule has 0 aromatic heterocycles. The van der Waals surface area contributed by atoms with Crippen LogP contribution in [-0.4, -0.2) is 42.9 Å². The van der Waals surface area contributed by atoms with Gasteiger partial charge in [-0.1, -0.05) is 19.1 Å². The molecule has 2 nitrogen and oxygen atoms in total. The zero-order chi connectivity index (χ0) is 14.2. The number of thioether (sulfide) groups is 1. The van der Waals surface area contributed by atoms with Crippen molar-refractivity contribution < 1.29 is 4.39 Å². The fourth-order valence-corrected chi connectivity index (χ4v) is 3.63. The standard InChI is InChI=1S/C16H25FN2S/c1-2-10-19(13-14-6-5-9-18-14)11-12-20-16-8-4-3-7-15(16)17/h3-4,7-8,14,18H,2,5-6,9-13H2,1H3. The van der Waals surface area contributed by atoms with Gasteiger partial charge in [0, 0.05) is 29.8 Å². The maximum absolute atomic E-state index is 13.5. The Kier molecular flexibility index (Phi) is 6.83. The number of nitrogens with zero attached hydrogens (tertiary/aromatic N) is 1. The van der Waals surface area contributed by atoms with Crippen LogP contribution in [0.15, 0.2) is 29.2 Å². The molecule has 1 heterocycles. The van der Waals surface area contributed by atoms with Gasteiger partial charge in [0.05, 0.1) is 0 Å². The van der Waals surface area contributed by atoms with Crippen LogP contribution in [0.5, 0.6) is 0 Å². The van der Waals surface area contributed by atoms with Crippen LogP contribution in [0.2, 0.25) is 0 Å². The number of nitrogens with one attached hydrogen (secondary N) is 1. The third-order valence-electron chi connectivity index (χ3n) is 3.68. The molecule has 1 aliphatic heterocycles. The zero-order valence-electron chi connectivity index (χ0n) is 12.3. The lowest BCUT2D eigenvalue weighted by atomic mass is 10.2. The molecule has 1 saturated heterocycles. The molecule has 1 N–H and O–H groups in total. The Morgan fingerprint density at radius 1 is 1.35 bits per heavy atom. The van der Waals surface area contributed by atoms with Crippen molar-refractivity contribution in [3.63, 3.8) is 0 Å². The molecule has 0 saturated carbocycles. The van der Waals surface area contributed by atoms with Crippen molar-refractivity contribution in [1.29, 1.82) is 0 Å². The van der Waals surface area contributed by atoms with Gasteiger partial charge in [-0.15, -0.1) is 11.8 Å². The van der Waals surface area contributed by atoms with Gasteiger partial charge in [-0.2, -0.15) is 0 Å². The highest BCUT2D eigenvalue weighted by Gasteiger charge is 2.17. The van der Waals surface area contributed by atoms with Gasteiger partial charge in [-0.05, 0) is 44.5 Å². The third kappa shape index (κ3) is 5.08. The fourth-order valence-electron chi connectivity index (χ4n) is 2.68. The van der Waals surface area contributed by atoms with Crippen molar-refractivity contribution in [2.24, 2.45) is 0 Å². The SMILES string of the molecule is CCCN(CCSc1ccccc1F)CC1CCCN1. The van der Waals surface area contributed by atoms with E-state index < -0.39 is 0 Å². The highest BCUT2D eigenvalue weighted by Crippen LogP contribution is 2.21. The molecule has 1 aromatic carbocycles. The maximum Gasteiger partial charge on any atom is 0.136 e. The predicted octanol–water partition coefficient (Wildman–Crippen LogP) is 3.38. The second kappa shape index (κ2) is 8.65. The second-order valence-corrected chi connectivity index (χ2v) is 6.51. The number of benzene rings is 1. The van der Waals surface area contributed by atoms with Crippen LogP contribution in [0.3, 0.4) is 0 Å². The van der Waals surface area contributed by atoms with Gasteiger partial charge >= 0.3 is 0 Å². The lowest BCUT2D eigenvalue weighted by Gasteiger charge is -2.25. The summed E-state index contributed by atoms with van der Waals surface area (Å²) in [6.07, 6.45) is 3.77. The molecule has 112 valence electrons. The van der Waals surface area contributed by atoms with E-state index in [9.17, 15) is 4.39 Å². The maximum atomic E-state index is 13.5. The fraction of sp³-hybridized carbons (Fsp3) is 0.625. The van der Waals surface area contributed by atoms with Gasteiger partial charge < -0.3 is 10.2 Å². The molecule has 0 radical (unpaired) electrons. The van der Waals surface area contributed by atoms with Crippen LogP contribution in [0.4, 0.5) is 4.39 Å². The van der Waals surface area contributed by atoms with Gasteiger partial charge in [0.25, 0.3) is 0 Å². The second-order valence-electron chi connectivity index (χ2n) is 5.37. The Bertz CT molecular complexity index is 394. The predicted molar refractivity (Wildman–Crippen MR) is 84.9 cm³/mol. The summed E-state index contributed by atoms with van der Waals surface area (Å²) in [6, 6.07) is 7.70. The molecule has 1 aromatic rings. The lowest BCUT2D eigenvalue weighted by molar-refractivity contribution is 0.264. The average molecular weight is 296 g/mol. The van der Waals surface area contributed by atoms with E-state index in [1.807, 2.05) is 12.1 Å². The van der Waals surface area contributed by atoms with Crippen LogP contribution in [-0.2, 0) is 0 Å². The number of halogens is 1. The molecular formula is C16H25FN2S. The van der Waals surface area contributed by atoms with E-state index in [2.05, 4.69) is 17.1 Å². The summed E-state index contributed by atoms with van der Waals surface area (Å²) in [5, 5.41) is 3.55. The van der Waals surface area contributed by atoms with Crippen LogP contribution < -0.4 is 5.32 Å². The molecule has 0 bridgehead atoms. The van der Waals surface area contributed by atoms with Crippen molar-refractivity contribution in [2.75, 3.05) is 31.9 Å². The molecule has 0 aliphatic carbocycles. The van der Waals surface area contributed by atoms with Gasteiger partial charge in [-0.3, -0.25) is 0 Å². The largest absolute Gasteiger partial charge is 0.313 e. The first-order valence-corrected chi connectivity index (χ1v) is 8.61. The van der Waals surface area contributed by atoms with E-state index in [0.717, 1.165) is 36.8 Å². The first-order valence-electron chi connectivity index (χ1n) is 7.62. The molecule has 0 spiro atoms. The molecule has 1 fully saturated rings. The molecule has 1 atom stereocenters. The highest BCUT2D eigenvalue weighted by molar-refractivity contribution is 7.99. The van der Waals surface area contributed by atoms with Crippen LogP contribution >= 0.6 is 11.8 Å². The van der Waals surface area contributed by atoms with Crippen LogP contribution in [0.25, 0.3) is 0 Å². The number of hydrogen-bond donors (Lipinski definition) is 1. The molecular weight excluding hydrogens is 271 g/mol. The van der Waals surface area contributed by atoms with Gasteiger partial charge in [0.15, 0.2) is 0 Å². The Balaban J connectivity index is 1.75. The average Bonchev–Trinajstić information content (AvgIpc) is 2.94. The minimum atomic E-state index is -0.1000. The normalized spacial score (nSPS) is 18.9. The van der Waals surface area contributed by atoms with Crippen molar-refractivity contribution >= 4 is 11.8 Å². The van der Waals surface area contributed by atoms with Crippen molar-refractivity contribution in [1.82, 2.24) is 10.2 Å². The minimum Gasteiger partial charge on any atom is -0.313 e. The number of hydrogen-bond acceptors (Lipinski definition) is 3. The number of rotatable bonds is 8. The van der Waals surface area contributed by atoms with E-state index in [1.165, 1.54) is 25.3 Å². The molecule has 0 amide bonds. The molecule has 4 heteroatoms. The topological polar surface area (TPSA) is 15.3 Å². The van der Waals surface area contributed by atoms with Gasteiger partial charge in [0.1, 0.15) is 5.82 Å². The molecule has 2 rings (SSSR count). The quantitative estimate of drug-likeness (QED) is 0.740. The summed E-state index contributed by atoms with van der Waals surface area (Å²) in [4.78, 5) is 3.28. The van der Waals surface area contributed by atoms with Crippen LogP contribution in [0, 0.1) is 5.82 Å². The van der Waals surface area contributed by atoms with Gasteiger partial charge in [0.2, 0.25) is 0 Å². The van der Waals surface area contributed by atoms with Gasteiger partial charge in [-0.25, -0.2) is 4.39 Å². The smallest absolute Gasteiger partial charge is 0.136 e. The Morgan fingerprint density at radius 3 is 2.90 bits per heavy atom.